The van der Waals surface area contributed by atoms with Crippen molar-refractivity contribution in [3.8, 4) is 0 Å². The number of hydrogen-bond acceptors (Lipinski definition) is 7. The van der Waals surface area contributed by atoms with E-state index in [1.807, 2.05) is 18.2 Å². The molecule has 4 aromatic rings. The summed E-state index contributed by atoms with van der Waals surface area (Å²) in [7, 11) is -3.90. The molecule has 2 N–H and O–H groups in total. The number of para-hydroxylation sites is 1. The van der Waals surface area contributed by atoms with Crippen LogP contribution >= 0.6 is 11.3 Å². The molecule has 5 rings (SSSR count). The van der Waals surface area contributed by atoms with E-state index in [2.05, 4.69) is 25.9 Å². The molecule has 1 amide bonds. The lowest BCUT2D eigenvalue weighted by Crippen LogP contribution is -2.48. The summed E-state index contributed by atoms with van der Waals surface area (Å²) in [5.41, 5.74) is 1.63. The molecule has 192 valence electrons. The second-order valence-corrected chi connectivity index (χ2v) is 11.4. The molecule has 8 nitrogen and oxygen atoms in total. The van der Waals surface area contributed by atoms with Gasteiger partial charge in [-0.15, -0.1) is 0 Å². The lowest BCUT2D eigenvalue weighted by atomic mass is 10.2. The molecule has 0 unspecified atom stereocenters. The van der Waals surface area contributed by atoms with Crippen molar-refractivity contribution in [1.29, 1.82) is 0 Å². The van der Waals surface area contributed by atoms with Gasteiger partial charge in [0, 0.05) is 50.5 Å². The van der Waals surface area contributed by atoms with Gasteiger partial charge in [0.1, 0.15) is 5.82 Å². The molecule has 1 aliphatic rings. The van der Waals surface area contributed by atoms with Gasteiger partial charge in [-0.3, -0.25) is 14.4 Å². The van der Waals surface area contributed by atoms with Gasteiger partial charge in [-0.25, -0.2) is 17.8 Å². The number of anilines is 2. The van der Waals surface area contributed by atoms with Crippen LogP contribution in [0.1, 0.15) is 10.4 Å². The highest BCUT2D eigenvalue weighted by atomic mass is 32.2. The summed E-state index contributed by atoms with van der Waals surface area (Å²) in [6, 6.07) is 19.0. The monoisotopic (exact) mass is 539 g/mol. The van der Waals surface area contributed by atoms with Crippen molar-refractivity contribution in [2.75, 3.05) is 48.9 Å². The average Bonchev–Trinajstić information content (AvgIpc) is 3.34. The topological polar surface area (TPSA) is 94.6 Å². The number of nitrogens with one attached hydrogen (secondary N) is 2. The molecular formula is C26H26FN5O3S2. The highest BCUT2D eigenvalue weighted by Crippen LogP contribution is 2.29. The number of sulfonamides is 1. The van der Waals surface area contributed by atoms with Gasteiger partial charge in [-0.05, 0) is 54.6 Å². The standard InChI is InChI=1S/C26H26FN5O3S2/c27-20-8-10-22(11-9-20)37(34,35)30-21-5-3-4-19(18-21)25(33)28-12-13-31-14-16-32(17-15-31)26-29-23-6-1-2-7-24(23)36-26/h1-11,18,30H,12-17H2,(H,28,33). The van der Waals surface area contributed by atoms with Gasteiger partial charge in [0.05, 0.1) is 15.1 Å². The van der Waals surface area contributed by atoms with Gasteiger partial charge in [-0.1, -0.05) is 29.5 Å². The van der Waals surface area contributed by atoms with Crippen LogP contribution in [0.25, 0.3) is 10.2 Å². The van der Waals surface area contributed by atoms with Crippen LogP contribution in [0.5, 0.6) is 0 Å². The van der Waals surface area contributed by atoms with Crippen LogP contribution in [0.15, 0.2) is 77.7 Å². The highest BCUT2D eigenvalue weighted by molar-refractivity contribution is 7.92. The fourth-order valence-corrected chi connectivity index (χ4v) is 6.21. The zero-order valence-electron chi connectivity index (χ0n) is 19.9. The maximum absolute atomic E-state index is 13.1. The van der Waals surface area contributed by atoms with Crippen molar-refractivity contribution in [1.82, 2.24) is 15.2 Å². The van der Waals surface area contributed by atoms with Crippen LogP contribution in [-0.4, -0.2) is 63.5 Å². The number of amides is 1. The molecule has 2 heterocycles. The minimum Gasteiger partial charge on any atom is -0.351 e. The van der Waals surface area contributed by atoms with E-state index < -0.39 is 15.8 Å². The molecular weight excluding hydrogens is 513 g/mol. The summed E-state index contributed by atoms with van der Waals surface area (Å²) in [4.78, 5) is 22.0. The Bertz CT molecular complexity index is 1470. The third-order valence-electron chi connectivity index (χ3n) is 6.14. The molecule has 0 bridgehead atoms. The summed E-state index contributed by atoms with van der Waals surface area (Å²) in [5.74, 6) is -0.802. The number of rotatable bonds is 8. The van der Waals surface area contributed by atoms with E-state index in [-0.39, 0.29) is 16.5 Å². The van der Waals surface area contributed by atoms with Gasteiger partial charge in [0.15, 0.2) is 5.13 Å². The van der Waals surface area contributed by atoms with Crippen molar-refractivity contribution >= 4 is 48.3 Å². The van der Waals surface area contributed by atoms with Crippen LogP contribution < -0.4 is 14.9 Å². The second kappa shape index (κ2) is 10.8. The third-order valence-corrected chi connectivity index (χ3v) is 8.63. The number of hydrogen-bond donors (Lipinski definition) is 2. The Morgan fingerprint density at radius 3 is 2.49 bits per heavy atom. The van der Waals surface area contributed by atoms with Crippen LogP contribution in [0.2, 0.25) is 0 Å². The van der Waals surface area contributed by atoms with Crippen molar-refractivity contribution in [2.24, 2.45) is 0 Å². The Hall–Kier alpha value is -3.54. The third kappa shape index (κ3) is 6.07. The maximum Gasteiger partial charge on any atom is 0.261 e. The molecule has 0 atom stereocenters. The number of benzene rings is 3. The Morgan fingerprint density at radius 1 is 0.973 bits per heavy atom. The number of fused-ring (bicyclic) bond motifs is 1. The molecule has 3 aromatic carbocycles. The molecule has 1 fully saturated rings. The first-order valence-corrected chi connectivity index (χ1v) is 14.2. The molecule has 11 heteroatoms. The normalized spacial score (nSPS) is 14.6. The van der Waals surface area contributed by atoms with Crippen LogP contribution in [0.3, 0.4) is 0 Å². The lowest BCUT2D eigenvalue weighted by Gasteiger charge is -2.34. The van der Waals surface area contributed by atoms with E-state index in [1.165, 1.54) is 22.9 Å². The minimum atomic E-state index is -3.90. The molecule has 1 aromatic heterocycles. The van der Waals surface area contributed by atoms with Crippen LogP contribution in [-0.2, 0) is 10.0 Å². The zero-order chi connectivity index (χ0) is 25.8. The van der Waals surface area contributed by atoms with E-state index in [0.29, 0.717) is 12.1 Å². The molecule has 0 saturated carbocycles. The first-order valence-electron chi connectivity index (χ1n) is 11.9. The Balaban J connectivity index is 1.10. The number of carbonyl (C=O) groups excluding carboxylic acids is 1. The lowest BCUT2D eigenvalue weighted by molar-refractivity contribution is 0.0948. The first kappa shape index (κ1) is 25.1. The summed E-state index contributed by atoms with van der Waals surface area (Å²) < 4.78 is 41.9. The molecule has 0 radical (unpaired) electrons. The summed E-state index contributed by atoms with van der Waals surface area (Å²) in [5, 5.41) is 3.96. The van der Waals surface area contributed by atoms with Crippen molar-refractivity contribution in [3.63, 3.8) is 0 Å². The Kier molecular flexibility index (Phi) is 7.36. The second-order valence-electron chi connectivity index (χ2n) is 8.69. The van der Waals surface area contributed by atoms with Crippen molar-refractivity contribution in [3.05, 3.63) is 84.2 Å². The smallest absolute Gasteiger partial charge is 0.261 e. The maximum atomic E-state index is 13.1. The van der Waals surface area contributed by atoms with Gasteiger partial charge in [-0.2, -0.15) is 0 Å². The number of aromatic nitrogens is 1. The molecule has 1 aliphatic heterocycles. The number of carbonyl (C=O) groups is 1. The van der Waals surface area contributed by atoms with Crippen molar-refractivity contribution < 1.29 is 17.6 Å². The Labute approximate surface area is 218 Å². The largest absolute Gasteiger partial charge is 0.351 e. The highest BCUT2D eigenvalue weighted by Gasteiger charge is 2.20. The van der Waals surface area contributed by atoms with E-state index in [4.69, 9.17) is 4.98 Å². The van der Waals surface area contributed by atoms with Gasteiger partial charge in [0.2, 0.25) is 0 Å². The Morgan fingerprint density at radius 2 is 1.73 bits per heavy atom. The summed E-state index contributed by atoms with van der Waals surface area (Å²) in [6.07, 6.45) is 0. The van der Waals surface area contributed by atoms with E-state index in [9.17, 15) is 17.6 Å². The zero-order valence-corrected chi connectivity index (χ0v) is 21.6. The minimum absolute atomic E-state index is 0.0630. The SMILES string of the molecule is O=C(NCCN1CCN(c2nc3ccccc3s2)CC1)c1cccc(NS(=O)(=O)c2ccc(F)cc2)c1. The number of piperazine rings is 1. The number of thiazole rings is 1. The van der Waals surface area contributed by atoms with E-state index in [1.54, 1.807) is 29.5 Å². The first-order chi connectivity index (χ1) is 17.9. The van der Waals surface area contributed by atoms with E-state index in [0.717, 1.165) is 55.5 Å². The summed E-state index contributed by atoms with van der Waals surface area (Å²) >= 11 is 1.71. The molecule has 37 heavy (non-hydrogen) atoms. The molecule has 0 aliphatic carbocycles. The van der Waals surface area contributed by atoms with Crippen LogP contribution in [0.4, 0.5) is 15.2 Å². The van der Waals surface area contributed by atoms with Crippen LogP contribution in [0, 0.1) is 5.82 Å². The van der Waals surface area contributed by atoms with E-state index >= 15 is 0 Å². The fraction of sp³-hybridized carbons (Fsp3) is 0.231. The number of halogens is 1. The summed E-state index contributed by atoms with van der Waals surface area (Å²) in [6.45, 7) is 4.72. The average molecular weight is 540 g/mol. The fourth-order valence-electron chi connectivity index (χ4n) is 4.14. The van der Waals surface area contributed by atoms with Gasteiger partial charge in [0.25, 0.3) is 15.9 Å². The predicted octanol–water partition coefficient (Wildman–Crippen LogP) is 3.79. The number of nitrogens with zero attached hydrogens (tertiary/aromatic N) is 3. The van der Waals surface area contributed by atoms with Gasteiger partial charge >= 0.3 is 0 Å². The quantitative estimate of drug-likeness (QED) is 0.354. The van der Waals surface area contributed by atoms with Crippen molar-refractivity contribution in [2.45, 2.75) is 4.90 Å². The molecule has 1 saturated heterocycles. The van der Waals surface area contributed by atoms with Gasteiger partial charge < -0.3 is 10.2 Å². The predicted molar refractivity (Wildman–Crippen MR) is 144 cm³/mol. The molecule has 0 spiro atoms.